The third kappa shape index (κ3) is 4.79. The zero-order chi connectivity index (χ0) is 32.3. The zero-order valence-electron chi connectivity index (χ0n) is 27.8. The van der Waals surface area contributed by atoms with E-state index in [2.05, 4.69) is 196 Å². The van der Waals surface area contributed by atoms with Crippen molar-refractivity contribution in [2.24, 2.45) is 0 Å². The smallest absolute Gasteiger partial charge is 0.0544 e. The first-order chi connectivity index (χ1) is 22.7. The second-order valence-electron chi connectivity index (χ2n) is 14.3. The largest absolute Gasteiger partial charge is 0.335 e. The van der Waals surface area contributed by atoms with Gasteiger partial charge in [0, 0.05) is 44.3 Å². The number of anilines is 3. The Hall–Kier alpha value is -5.34. The van der Waals surface area contributed by atoms with Crippen LogP contribution in [0.5, 0.6) is 0 Å². The number of hydrogen-bond donors (Lipinski definition) is 0. The molecule has 7 aromatic rings. The lowest BCUT2D eigenvalue weighted by Crippen LogP contribution is -2.24. The molecule has 0 atom stereocenters. The van der Waals surface area contributed by atoms with Crippen LogP contribution in [0.15, 0.2) is 140 Å². The second kappa shape index (κ2) is 10.9. The Kier molecular flexibility index (Phi) is 6.74. The Balaban J connectivity index is 1.14. The van der Waals surface area contributed by atoms with Gasteiger partial charge in [0.25, 0.3) is 0 Å². The molecule has 2 heteroatoms. The first kappa shape index (κ1) is 29.1. The van der Waals surface area contributed by atoms with E-state index in [1.165, 1.54) is 55.2 Å². The maximum atomic E-state index is 2.57. The van der Waals surface area contributed by atoms with Gasteiger partial charge in [-0.3, -0.25) is 0 Å². The Bertz CT molecular complexity index is 2240. The van der Waals surface area contributed by atoms with E-state index in [1.807, 2.05) is 0 Å². The SMILES string of the molecule is CC1(C)c2cc(/C=C/c3ccc(N(c4ccccc4)c4ccccc4)cc3)ccc2-c2ccc3c4ccccc4n(C(C)(C)C)c3c21. The molecule has 1 aliphatic rings. The Morgan fingerprint density at radius 1 is 0.553 bits per heavy atom. The third-order valence-corrected chi connectivity index (χ3v) is 9.79. The molecule has 0 saturated heterocycles. The number of hydrogen-bond acceptors (Lipinski definition) is 1. The van der Waals surface area contributed by atoms with E-state index in [0.717, 1.165) is 17.1 Å². The number of rotatable bonds is 5. The highest BCUT2D eigenvalue weighted by Gasteiger charge is 2.39. The number of benzene rings is 6. The van der Waals surface area contributed by atoms with Gasteiger partial charge in [0.15, 0.2) is 0 Å². The molecule has 0 N–H and O–H groups in total. The average molecular weight is 609 g/mol. The van der Waals surface area contributed by atoms with Gasteiger partial charge < -0.3 is 9.47 Å². The zero-order valence-corrected chi connectivity index (χ0v) is 27.8. The molecular formula is C45H40N2. The molecule has 230 valence electrons. The topological polar surface area (TPSA) is 8.17 Å². The van der Waals surface area contributed by atoms with Gasteiger partial charge in [-0.1, -0.05) is 123 Å². The molecule has 0 radical (unpaired) electrons. The van der Waals surface area contributed by atoms with Crippen molar-refractivity contribution < 1.29 is 0 Å². The van der Waals surface area contributed by atoms with Crippen molar-refractivity contribution in [1.82, 2.24) is 4.57 Å². The van der Waals surface area contributed by atoms with Crippen LogP contribution in [0, 0.1) is 0 Å². The molecule has 2 nitrogen and oxygen atoms in total. The lowest BCUT2D eigenvalue weighted by molar-refractivity contribution is 0.421. The highest BCUT2D eigenvalue weighted by Crippen LogP contribution is 2.53. The summed E-state index contributed by atoms with van der Waals surface area (Å²) in [5.74, 6) is 0. The molecular weight excluding hydrogens is 569 g/mol. The van der Waals surface area contributed by atoms with Gasteiger partial charge in [0.1, 0.15) is 0 Å². The van der Waals surface area contributed by atoms with Crippen molar-refractivity contribution in [1.29, 1.82) is 0 Å². The summed E-state index contributed by atoms with van der Waals surface area (Å²) >= 11 is 0. The summed E-state index contributed by atoms with van der Waals surface area (Å²) in [6.45, 7) is 11.8. The van der Waals surface area contributed by atoms with Crippen LogP contribution in [0.25, 0.3) is 45.1 Å². The summed E-state index contributed by atoms with van der Waals surface area (Å²) < 4.78 is 2.57. The molecule has 6 aromatic carbocycles. The predicted molar refractivity (Wildman–Crippen MR) is 202 cm³/mol. The molecule has 1 aromatic heterocycles. The summed E-state index contributed by atoms with van der Waals surface area (Å²) in [4.78, 5) is 2.30. The van der Waals surface area contributed by atoms with E-state index in [4.69, 9.17) is 0 Å². The fourth-order valence-electron chi connectivity index (χ4n) is 7.69. The lowest BCUT2D eigenvalue weighted by atomic mass is 9.81. The molecule has 0 fully saturated rings. The van der Waals surface area contributed by atoms with Gasteiger partial charge in [-0.15, -0.1) is 0 Å². The minimum atomic E-state index is -0.134. The summed E-state index contributed by atoms with van der Waals surface area (Å²) in [7, 11) is 0. The van der Waals surface area contributed by atoms with E-state index in [9.17, 15) is 0 Å². The number of nitrogens with zero attached hydrogens (tertiary/aromatic N) is 2. The minimum absolute atomic E-state index is 0.0516. The predicted octanol–water partition coefficient (Wildman–Crippen LogP) is 12.5. The normalized spacial score (nSPS) is 13.7. The summed E-state index contributed by atoms with van der Waals surface area (Å²) in [6.07, 6.45) is 4.48. The fraction of sp³-hybridized carbons (Fsp3) is 0.156. The van der Waals surface area contributed by atoms with Crippen molar-refractivity contribution in [3.63, 3.8) is 0 Å². The third-order valence-electron chi connectivity index (χ3n) is 9.79. The van der Waals surface area contributed by atoms with Crippen LogP contribution in [-0.4, -0.2) is 4.57 Å². The summed E-state index contributed by atoms with van der Waals surface area (Å²) in [5, 5.41) is 2.68. The highest BCUT2D eigenvalue weighted by atomic mass is 15.1. The van der Waals surface area contributed by atoms with Crippen molar-refractivity contribution in [2.45, 2.75) is 45.6 Å². The number of para-hydroxylation sites is 3. The summed E-state index contributed by atoms with van der Waals surface area (Å²) in [6, 6.07) is 50.5. The quantitative estimate of drug-likeness (QED) is 0.177. The molecule has 0 unspecified atom stereocenters. The van der Waals surface area contributed by atoms with E-state index >= 15 is 0 Å². The molecule has 0 saturated carbocycles. The van der Waals surface area contributed by atoms with Gasteiger partial charge in [0.05, 0.1) is 5.52 Å². The Labute approximate surface area is 278 Å². The van der Waals surface area contributed by atoms with Crippen LogP contribution >= 0.6 is 0 Å². The molecule has 0 amide bonds. The number of fused-ring (bicyclic) bond motifs is 7. The van der Waals surface area contributed by atoms with Crippen molar-refractivity contribution in [2.75, 3.05) is 4.90 Å². The first-order valence-electron chi connectivity index (χ1n) is 16.6. The number of aromatic nitrogens is 1. The maximum absolute atomic E-state index is 2.57. The molecule has 1 heterocycles. The molecule has 47 heavy (non-hydrogen) atoms. The minimum Gasteiger partial charge on any atom is -0.335 e. The molecule has 1 aliphatic carbocycles. The van der Waals surface area contributed by atoms with Gasteiger partial charge >= 0.3 is 0 Å². The van der Waals surface area contributed by atoms with E-state index in [0.29, 0.717) is 0 Å². The van der Waals surface area contributed by atoms with Gasteiger partial charge in [-0.2, -0.15) is 0 Å². The van der Waals surface area contributed by atoms with Gasteiger partial charge in [-0.25, -0.2) is 0 Å². The van der Waals surface area contributed by atoms with E-state index < -0.39 is 0 Å². The molecule has 0 spiro atoms. The van der Waals surface area contributed by atoms with Crippen LogP contribution < -0.4 is 4.90 Å². The van der Waals surface area contributed by atoms with Crippen LogP contribution in [0.1, 0.15) is 56.9 Å². The fourth-order valence-corrected chi connectivity index (χ4v) is 7.69. The Morgan fingerprint density at radius 3 is 1.77 bits per heavy atom. The van der Waals surface area contributed by atoms with Crippen LogP contribution in [-0.2, 0) is 11.0 Å². The first-order valence-corrected chi connectivity index (χ1v) is 16.6. The Morgan fingerprint density at radius 2 is 1.11 bits per heavy atom. The molecule has 0 aliphatic heterocycles. The van der Waals surface area contributed by atoms with Gasteiger partial charge in [0.2, 0.25) is 0 Å². The van der Waals surface area contributed by atoms with E-state index in [1.54, 1.807) is 0 Å². The second-order valence-corrected chi connectivity index (χ2v) is 14.3. The monoisotopic (exact) mass is 608 g/mol. The standard InChI is InChI=1S/C45H40N2/c1-44(2,3)47-41-19-13-12-18-37(41)39-29-28-38-36-27-24-32(30-40(36)45(4,5)42(38)43(39)47)21-20-31-22-25-35(26-23-31)46(33-14-8-6-9-15-33)34-16-10-7-11-17-34/h6-30H,1-5H3/b21-20+. The maximum Gasteiger partial charge on any atom is 0.0544 e. The van der Waals surface area contributed by atoms with Crippen LogP contribution in [0.3, 0.4) is 0 Å². The van der Waals surface area contributed by atoms with Crippen LogP contribution in [0.2, 0.25) is 0 Å². The molecule has 8 rings (SSSR count). The van der Waals surface area contributed by atoms with Crippen LogP contribution in [0.4, 0.5) is 17.1 Å². The molecule has 0 bridgehead atoms. The average Bonchev–Trinajstić information content (AvgIpc) is 3.54. The van der Waals surface area contributed by atoms with Gasteiger partial charge in [-0.05, 0) is 96.6 Å². The lowest BCUT2D eigenvalue weighted by Gasteiger charge is -2.29. The van der Waals surface area contributed by atoms with Crippen molar-refractivity contribution >= 4 is 51.0 Å². The highest BCUT2D eigenvalue weighted by molar-refractivity contribution is 6.12. The van der Waals surface area contributed by atoms with E-state index in [-0.39, 0.29) is 11.0 Å². The van der Waals surface area contributed by atoms with Crippen molar-refractivity contribution in [3.05, 3.63) is 162 Å². The van der Waals surface area contributed by atoms with Crippen molar-refractivity contribution in [3.8, 4) is 11.1 Å². The summed E-state index contributed by atoms with van der Waals surface area (Å²) in [5.41, 5.74) is 13.8.